The van der Waals surface area contributed by atoms with Crippen LogP contribution in [0.1, 0.15) is 78.1 Å². The van der Waals surface area contributed by atoms with E-state index < -0.39 is 0 Å². The average Bonchev–Trinajstić information content (AvgIpc) is 3.10. The first-order chi connectivity index (χ1) is 14.0. The van der Waals surface area contributed by atoms with Gasteiger partial charge in [-0.25, -0.2) is 0 Å². The maximum atomic E-state index is 12.5. The van der Waals surface area contributed by atoms with Gasteiger partial charge in [-0.3, -0.25) is 14.6 Å². The fourth-order valence-corrected chi connectivity index (χ4v) is 4.06. The Labute approximate surface area is 178 Å². The van der Waals surface area contributed by atoms with E-state index in [1.807, 2.05) is 6.92 Å². The number of hydrogen-bond donors (Lipinski definition) is 3. The summed E-state index contributed by atoms with van der Waals surface area (Å²) in [6.07, 6.45) is 8.12. The van der Waals surface area contributed by atoms with Crippen molar-refractivity contribution in [1.29, 1.82) is 0 Å². The Bertz CT molecular complexity index is 721. The second-order valence-corrected chi connectivity index (χ2v) is 9.00. The molecule has 6 nitrogen and oxygen atoms in total. The summed E-state index contributed by atoms with van der Waals surface area (Å²) in [5.41, 5.74) is 7.42. The van der Waals surface area contributed by atoms with Gasteiger partial charge in [-0.2, -0.15) is 0 Å². The summed E-state index contributed by atoms with van der Waals surface area (Å²) in [5, 5.41) is 6.89. The Balaban J connectivity index is 1.71. The van der Waals surface area contributed by atoms with Crippen LogP contribution in [0.15, 0.2) is 23.2 Å². The van der Waals surface area contributed by atoms with E-state index in [4.69, 9.17) is 5.73 Å². The summed E-state index contributed by atoms with van der Waals surface area (Å²) in [7, 11) is 0. The zero-order valence-electron chi connectivity index (χ0n) is 17.6. The van der Waals surface area contributed by atoms with E-state index in [-0.39, 0.29) is 11.8 Å². The first-order valence-electron chi connectivity index (χ1n) is 10.6. The Hall–Kier alpha value is -1.86. The molecule has 2 amide bonds. The van der Waals surface area contributed by atoms with E-state index in [0.29, 0.717) is 28.1 Å². The fourth-order valence-electron chi connectivity index (χ4n) is 3.23. The van der Waals surface area contributed by atoms with Gasteiger partial charge in [0.05, 0.1) is 6.54 Å². The Kier molecular flexibility index (Phi) is 10.2. The number of unbranched alkanes of at least 4 members (excludes halogenated alkanes) is 6. The summed E-state index contributed by atoms with van der Waals surface area (Å²) < 4.78 is 0. The monoisotopic (exact) mass is 418 g/mol. The van der Waals surface area contributed by atoms with Crippen LogP contribution >= 0.6 is 11.8 Å². The van der Waals surface area contributed by atoms with Gasteiger partial charge >= 0.3 is 0 Å². The van der Waals surface area contributed by atoms with E-state index in [9.17, 15) is 9.59 Å². The van der Waals surface area contributed by atoms with Crippen LogP contribution in [-0.2, 0) is 0 Å². The van der Waals surface area contributed by atoms with Crippen molar-refractivity contribution in [2.24, 2.45) is 10.7 Å². The van der Waals surface area contributed by atoms with Gasteiger partial charge in [0.25, 0.3) is 11.8 Å². The van der Waals surface area contributed by atoms with E-state index in [0.717, 1.165) is 37.9 Å². The number of nitrogens with two attached hydrogens (primary N) is 1. The second kappa shape index (κ2) is 12.6. The summed E-state index contributed by atoms with van der Waals surface area (Å²) in [5.74, 6) is -0.270. The number of carbonyl (C=O) groups is 2. The molecular weight excluding hydrogens is 384 g/mol. The lowest BCUT2D eigenvalue weighted by Gasteiger charge is -2.10. The van der Waals surface area contributed by atoms with Crippen molar-refractivity contribution in [3.8, 4) is 0 Å². The standard InChI is InChI=1S/C22H34N4O2S/c1-16-14-18(20(27)24-13-9-7-5-3-4-6-8-12-23)10-11-19(16)21(28)26-22-25-15-17(2)29-22/h10-11,14,17H,3-9,12-13,15,23H2,1-2H3,(H,24,27)(H,25,26,28). The van der Waals surface area contributed by atoms with Gasteiger partial charge in [-0.05, 0) is 50.1 Å². The lowest BCUT2D eigenvalue weighted by atomic mass is 10.0. The number of amides is 2. The van der Waals surface area contributed by atoms with Gasteiger partial charge in [-0.1, -0.05) is 50.8 Å². The van der Waals surface area contributed by atoms with Crippen molar-refractivity contribution in [2.45, 2.75) is 64.0 Å². The highest BCUT2D eigenvalue weighted by Gasteiger charge is 2.19. The first kappa shape index (κ1) is 23.4. The molecule has 1 aliphatic rings. The number of thioether (sulfide) groups is 1. The zero-order valence-corrected chi connectivity index (χ0v) is 18.4. The van der Waals surface area contributed by atoms with Crippen LogP contribution < -0.4 is 16.4 Å². The van der Waals surface area contributed by atoms with E-state index >= 15 is 0 Å². The van der Waals surface area contributed by atoms with Crippen LogP contribution in [0.4, 0.5) is 0 Å². The third-order valence-corrected chi connectivity index (χ3v) is 5.93. The Morgan fingerprint density at radius 3 is 2.41 bits per heavy atom. The average molecular weight is 419 g/mol. The van der Waals surface area contributed by atoms with Crippen LogP contribution in [0.25, 0.3) is 0 Å². The molecule has 2 rings (SSSR count). The minimum atomic E-state index is -0.179. The lowest BCUT2D eigenvalue weighted by molar-refractivity contribution is 0.0948. The molecule has 160 valence electrons. The van der Waals surface area contributed by atoms with Crippen LogP contribution in [0.2, 0.25) is 0 Å². The number of nitrogens with one attached hydrogen (secondary N) is 2. The summed E-state index contributed by atoms with van der Waals surface area (Å²) in [6, 6.07) is 5.19. The third kappa shape index (κ3) is 8.19. The largest absolute Gasteiger partial charge is 0.352 e. The molecule has 0 radical (unpaired) electrons. The van der Waals surface area contributed by atoms with E-state index in [1.165, 1.54) is 25.7 Å². The maximum absolute atomic E-state index is 12.5. The normalized spacial score (nSPS) is 15.8. The number of benzene rings is 1. The van der Waals surface area contributed by atoms with E-state index in [1.54, 1.807) is 30.0 Å². The number of hydrogen-bond acceptors (Lipinski definition) is 5. The highest BCUT2D eigenvalue weighted by molar-refractivity contribution is 8.14. The van der Waals surface area contributed by atoms with E-state index in [2.05, 4.69) is 22.5 Å². The van der Waals surface area contributed by atoms with Gasteiger partial charge < -0.3 is 16.4 Å². The van der Waals surface area contributed by atoms with Gasteiger partial charge in [0.15, 0.2) is 5.17 Å². The molecule has 1 aromatic rings. The zero-order chi connectivity index (χ0) is 21.1. The minimum absolute atomic E-state index is 0.0902. The summed E-state index contributed by atoms with van der Waals surface area (Å²) in [6.45, 7) is 6.12. The first-order valence-corrected chi connectivity index (χ1v) is 11.5. The number of aliphatic imine (C=N–C) groups is 1. The molecule has 0 bridgehead atoms. The van der Waals surface area contributed by atoms with Crippen LogP contribution in [-0.4, -0.2) is 41.9 Å². The number of amidine groups is 1. The van der Waals surface area contributed by atoms with Gasteiger partial charge in [0.2, 0.25) is 0 Å². The minimum Gasteiger partial charge on any atom is -0.352 e. The SMILES string of the molecule is Cc1cc(C(=O)NCCCCCCCCCN)ccc1C(=O)NC1=NCC(C)S1. The number of aryl methyl sites for hydroxylation is 1. The predicted octanol–water partition coefficient (Wildman–Crippen LogP) is 3.64. The Morgan fingerprint density at radius 1 is 1.10 bits per heavy atom. The molecular formula is C22H34N4O2S. The highest BCUT2D eigenvalue weighted by Crippen LogP contribution is 2.19. The van der Waals surface area contributed by atoms with Crippen LogP contribution in [0, 0.1) is 6.92 Å². The molecule has 0 fully saturated rings. The summed E-state index contributed by atoms with van der Waals surface area (Å²) in [4.78, 5) is 29.1. The number of carbonyl (C=O) groups excluding carboxylic acids is 2. The van der Waals surface area contributed by atoms with Gasteiger partial charge in [-0.15, -0.1) is 0 Å². The highest BCUT2D eigenvalue weighted by atomic mass is 32.2. The smallest absolute Gasteiger partial charge is 0.257 e. The number of rotatable bonds is 11. The lowest BCUT2D eigenvalue weighted by Crippen LogP contribution is -2.29. The molecule has 7 heteroatoms. The molecule has 1 atom stereocenters. The summed E-state index contributed by atoms with van der Waals surface area (Å²) >= 11 is 1.57. The van der Waals surface area contributed by atoms with Crippen molar-refractivity contribution >= 4 is 28.7 Å². The molecule has 1 heterocycles. The quantitative estimate of drug-likeness (QED) is 0.478. The second-order valence-electron chi connectivity index (χ2n) is 7.58. The molecule has 4 N–H and O–H groups in total. The molecule has 1 aromatic carbocycles. The molecule has 0 saturated heterocycles. The van der Waals surface area contributed by atoms with Gasteiger partial charge in [0.1, 0.15) is 0 Å². The molecule has 0 saturated carbocycles. The van der Waals surface area contributed by atoms with Crippen molar-refractivity contribution in [3.63, 3.8) is 0 Å². The van der Waals surface area contributed by atoms with Crippen LogP contribution in [0.3, 0.4) is 0 Å². The molecule has 0 aromatic heterocycles. The van der Waals surface area contributed by atoms with Crippen molar-refractivity contribution < 1.29 is 9.59 Å². The fraction of sp³-hybridized carbons (Fsp3) is 0.591. The van der Waals surface area contributed by atoms with Crippen molar-refractivity contribution in [2.75, 3.05) is 19.6 Å². The molecule has 1 unspecified atom stereocenters. The number of nitrogens with zero attached hydrogens (tertiary/aromatic N) is 1. The molecule has 29 heavy (non-hydrogen) atoms. The molecule has 0 spiro atoms. The maximum Gasteiger partial charge on any atom is 0.257 e. The molecule has 0 aliphatic carbocycles. The third-order valence-electron chi connectivity index (χ3n) is 4.92. The molecule has 1 aliphatic heterocycles. The predicted molar refractivity (Wildman–Crippen MR) is 122 cm³/mol. The van der Waals surface area contributed by atoms with Crippen LogP contribution in [0.5, 0.6) is 0 Å². The van der Waals surface area contributed by atoms with Gasteiger partial charge in [0, 0.05) is 22.9 Å². The van der Waals surface area contributed by atoms with Crippen molar-refractivity contribution in [1.82, 2.24) is 10.6 Å². The topological polar surface area (TPSA) is 96.6 Å². The van der Waals surface area contributed by atoms with Crippen molar-refractivity contribution in [3.05, 3.63) is 34.9 Å². The Morgan fingerprint density at radius 2 is 1.79 bits per heavy atom.